The number of aliphatic hydroxyl groups excluding tert-OH is 1. The molecule has 0 spiro atoms. The summed E-state index contributed by atoms with van der Waals surface area (Å²) >= 11 is 0. The van der Waals surface area contributed by atoms with Crippen molar-refractivity contribution < 1.29 is 19.4 Å². The number of para-hydroxylation sites is 1. The largest absolute Gasteiger partial charge is 0.469 e. The molecular formula is C21H24O4. The zero-order chi connectivity index (χ0) is 17.7. The molecule has 0 radical (unpaired) electrons. The predicted molar refractivity (Wildman–Crippen MR) is 95.7 cm³/mol. The molecular weight excluding hydrogens is 316 g/mol. The van der Waals surface area contributed by atoms with Crippen LogP contribution in [0.15, 0.2) is 54.6 Å². The van der Waals surface area contributed by atoms with Crippen LogP contribution in [0.3, 0.4) is 0 Å². The summed E-state index contributed by atoms with van der Waals surface area (Å²) in [6.07, 6.45) is 3.03. The third-order valence-corrected chi connectivity index (χ3v) is 5.07. The van der Waals surface area contributed by atoms with E-state index in [1.165, 1.54) is 7.11 Å². The first-order chi connectivity index (χ1) is 12.1. The maximum Gasteiger partial charge on any atom is 0.305 e. The minimum absolute atomic E-state index is 0.108. The summed E-state index contributed by atoms with van der Waals surface area (Å²) in [5.41, 5.74) is 0.870. The fourth-order valence-corrected chi connectivity index (χ4v) is 3.64. The number of aliphatic hydroxyl groups is 1. The summed E-state index contributed by atoms with van der Waals surface area (Å²) in [7, 11) is 1.42. The van der Waals surface area contributed by atoms with Gasteiger partial charge < -0.3 is 14.6 Å². The summed E-state index contributed by atoms with van der Waals surface area (Å²) in [5.74, 6) is 1.85. The molecule has 1 saturated carbocycles. The van der Waals surface area contributed by atoms with Crippen LogP contribution in [0.2, 0.25) is 0 Å². The lowest BCUT2D eigenvalue weighted by atomic mass is 9.58. The van der Waals surface area contributed by atoms with Gasteiger partial charge >= 0.3 is 5.97 Å². The van der Waals surface area contributed by atoms with Crippen molar-refractivity contribution in [3.8, 4) is 11.5 Å². The maximum absolute atomic E-state index is 11.3. The zero-order valence-electron chi connectivity index (χ0n) is 14.5. The van der Waals surface area contributed by atoms with E-state index in [1.54, 1.807) is 0 Å². The van der Waals surface area contributed by atoms with Crippen LogP contribution in [0.1, 0.15) is 31.2 Å². The minimum Gasteiger partial charge on any atom is -0.469 e. The Bertz CT molecular complexity index is 705. The molecule has 0 atom stereocenters. The van der Waals surface area contributed by atoms with Gasteiger partial charge in [-0.2, -0.15) is 0 Å². The number of hydrogen-bond donors (Lipinski definition) is 1. The second-order valence-corrected chi connectivity index (χ2v) is 6.77. The number of benzene rings is 2. The van der Waals surface area contributed by atoms with Crippen LogP contribution >= 0.6 is 0 Å². The summed E-state index contributed by atoms with van der Waals surface area (Å²) < 4.78 is 10.6. The van der Waals surface area contributed by atoms with Gasteiger partial charge in [-0.05, 0) is 55.0 Å². The quantitative estimate of drug-likeness (QED) is 0.772. The normalized spacial score (nSPS) is 22.1. The highest BCUT2D eigenvalue weighted by atomic mass is 16.5. The Morgan fingerprint density at radius 3 is 2.52 bits per heavy atom. The highest BCUT2D eigenvalue weighted by molar-refractivity contribution is 5.69. The van der Waals surface area contributed by atoms with E-state index in [-0.39, 0.29) is 18.0 Å². The number of carbonyl (C=O) groups is 1. The molecule has 1 N–H and O–H groups in total. The highest BCUT2D eigenvalue weighted by Crippen LogP contribution is 2.50. The first-order valence-electron chi connectivity index (χ1n) is 8.66. The number of rotatable bonds is 7. The van der Waals surface area contributed by atoms with Crippen molar-refractivity contribution in [3.05, 3.63) is 60.2 Å². The van der Waals surface area contributed by atoms with Gasteiger partial charge in [-0.25, -0.2) is 0 Å². The molecule has 2 aromatic rings. The predicted octanol–water partition coefficient (Wildman–Crippen LogP) is 4.07. The van der Waals surface area contributed by atoms with E-state index in [1.807, 2.05) is 54.6 Å². The van der Waals surface area contributed by atoms with Gasteiger partial charge in [-0.3, -0.25) is 4.79 Å². The number of methoxy groups -OCH3 is 1. The monoisotopic (exact) mass is 340 g/mol. The van der Waals surface area contributed by atoms with Gasteiger partial charge in [0, 0.05) is 11.8 Å². The van der Waals surface area contributed by atoms with Crippen LogP contribution in [0.5, 0.6) is 11.5 Å². The molecule has 4 heteroatoms. The van der Waals surface area contributed by atoms with Crippen molar-refractivity contribution in [2.24, 2.45) is 5.92 Å². The third kappa shape index (κ3) is 4.02. The summed E-state index contributed by atoms with van der Waals surface area (Å²) in [6.45, 7) is 0.108. The molecule has 25 heavy (non-hydrogen) atoms. The van der Waals surface area contributed by atoms with Crippen molar-refractivity contribution in [1.82, 2.24) is 0 Å². The van der Waals surface area contributed by atoms with Gasteiger partial charge in [-0.1, -0.05) is 30.3 Å². The Kier molecular flexibility index (Phi) is 5.39. The first-order valence-corrected chi connectivity index (χ1v) is 8.66. The van der Waals surface area contributed by atoms with E-state index >= 15 is 0 Å². The summed E-state index contributed by atoms with van der Waals surface area (Å²) in [6, 6.07) is 17.6. The Labute approximate surface area is 148 Å². The molecule has 0 bridgehead atoms. The lowest BCUT2D eigenvalue weighted by Gasteiger charge is -2.47. The molecule has 0 saturated heterocycles. The van der Waals surface area contributed by atoms with Crippen molar-refractivity contribution in [1.29, 1.82) is 0 Å². The van der Waals surface area contributed by atoms with E-state index in [0.29, 0.717) is 12.3 Å². The Morgan fingerprint density at radius 1 is 1.12 bits per heavy atom. The molecule has 3 rings (SSSR count). The second-order valence-electron chi connectivity index (χ2n) is 6.77. The van der Waals surface area contributed by atoms with Gasteiger partial charge in [0.1, 0.15) is 11.5 Å². The van der Waals surface area contributed by atoms with Crippen LogP contribution in [0.25, 0.3) is 0 Å². The van der Waals surface area contributed by atoms with E-state index in [0.717, 1.165) is 36.3 Å². The number of ether oxygens (including phenoxy) is 2. The molecule has 1 aliphatic rings. The Morgan fingerprint density at radius 2 is 1.84 bits per heavy atom. The molecule has 4 nitrogen and oxygen atoms in total. The summed E-state index contributed by atoms with van der Waals surface area (Å²) in [5, 5.41) is 9.98. The molecule has 0 aliphatic heterocycles. The summed E-state index contributed by atoms with van der Waals surface area (Å²) in [4.78, 5) is 11.3. The molecule has 0 amide bonds. The van der Waals surface area contributed by atoms with Crippen LogP contribution in [0.4, 0.5) is 0 Å². The van der Waals surface area contributed by atoms with Crippen molar-refractivity contribution >= 4 is 5.97 Å². The maximum atomic E-state index is 11.3. The lowest BCUT2D eigenvalue weighted by molar-refractivity contribution is -0.141. The van der Waals surface area contributed by atoms with Gasteiger partial charge in [-0.15, -0.1) is 0 Å². The topological polar surface area (TPSA) is 55.8 Å². The number of hydrogen-bond acceptors (Lipinski definition) is 4. The standard InChI is InChI=1S/C21H24O4/c1-24-20(23)11-10-16-13-21(14-16,15-22)17-6-5-9-19(12-17)25-18-7-3-2-4-8-18/h2-9,12,16,22H,10-11,13-15H2,1H3. The highest BCUT2D eigenvalue weighted by Gasteiger charge is 2.45. The second kappa shape index (κ2) is 7.70. The van der Waals surface area contributed by atoms with Crippen LogP contribution in [0, 0.1) is 5.92 Å². The van der Waals surface area contributed by atoms with Crippen molar-refractivity contribution in [2.75, 3.05) is 13.7 Å². The smallest absolute Gasteiger partial charge is 0.305 e. The molecule has 0 unspecified atom stereocenters. The van der Waals surface area contributed by atoms with Gasteiger partial charge in [0.05, 0.1) is 13.7 Å². The molecule has 1 aliphatic carbocycles. The number of esters is 1. The third-order valence-electron chi connectivity index (χ3n) is 5.07. The molecule has 0 aromatic heterocycles. The van der Waals surface area contributed by atoms with Crippen molar-refractivity contribution in [2.45, 2.75) is 31.1 Å². The van der Waals surface area contributed by atoms with Gasteiger partial charge in [0.15, 0.2) is 0 Å². The zero-order valence-corrected chi connectivity index (χ0v) is 14.5. The van der Waals surface area contributed by atoms with Crippen LogP contribution < -0.4 is 4.74 Å². The van der Waals surface area contributed by atoms with Gasteiger partial charge in [0.25, 0.3) is 0 Å². The van der Waals surface area contributed by atoms with Gasteiger partial charge in [0.2, 0.25) is 0 Å². The van der Waals surface area contributed by atoms with E-state index < -0.39 is 0 Å². The van der Waals surface area contributed by atoms with E-state index in [9.17, 15) is 9.90 Å². The first kappa shape index (κ1) is 17.5. The number of carbonyl (C=O) groups excluding carboxylic acids is 1. The Hall–Kier alpha value is -2.33. The molecule has 0 heterocycles. The molecule has 2 aromatic carbocycles. The van der Waals surface area contributed by atoms with E-state index in [4.69, 9.17) is 9.47 Å². The van der Waals surface area contributed by atoms with Crippen LogP contribution in [-0.2, 0) is 14.9 Å². The SMILES string of the molecule is COC(=O)CCC1CC(CO)(c2cccc(Oc3ccccc3)c2)C1. The molecule has 132 valence electrons. The Balaban J connectivity index is 1.66. The molecule has 1 fully saturated rings. The van der Waals surface area contributed by atoms with Crippen molar-refractivity contribution in [3.63, 3.8) is 0 Å². The van der Waals surface area contributed by atoms with E-state index in [2.05, 4.69) is 0 Å². The fourth-order valence-electron chi connectivity index (χ4n) is 3.64. The average molecular weight is 340 g/mol. The lowest BCUT2D eigenvalue weighted by Crippen LogP contribution is -2.44. The fraction of sp³-hybridized carbons (Fsp3) is 0.381. The minimum atomic E-state index is -0.225. The average Bonchev–Trinajstić information content (AvgIpc) is 2.62. The van der Waals surface area contributed by atoms with Crippen LogP contribution in [-0.4, -0.2) is 24.8 Å².